The van der Waals surface area contributed by atoms with Crippen molar-refractivity contribution in [2.24, 2.45) is 0 Å². The van der Waals surface area contributed by atoms with Crippen molar-refractivity contribution >= 4 is 16.7 Å². The summed E-state index contributed by atoms with van der Waals surface area (Å²) >= 11 is 1.53. The van der Waals surface area contributed by atoms with Gasteiger partial charge in [0, 0.05) is 43.6 Å². The van der Waals surface area contributed by atoms with Crippen molar-refractivity contribution in [1.82, 2.24) is 14.3 Å². The van der Waals surface area contributed by atoms with Crippen LogP contribution in [0.5, 0.6) is 0 Å². The standard InChI is InChI=1S/C16H22N4S/c1-12-4-6-14(7-5-12)10-15-17-16(21-18-15)20-9-8-19(3)13(2)11-20/h4-7,13H,8-11H2,1-3H3. The summed E-state index contributed by atoms with van der Waals surface area (Å²) in [4.78, 5) is 9.48. The predicted molar refractivity (Wildman–Crippen MR) is 88.2 cm³/mol. The summed E-state index contributed by atoms with van der Waals surface area (Å²) in [7, 11) is 2.19. The molecule has 0 spiro atoms. The molecule has 0 amide bonds. The fourth-order valence-electron chi connectivity index (χ4n) is 2.56. The second kappa shape index (κ2) is 6.12. The van der Waals surface area contributed by atoms with Crippen LogP contribution in [0.25, 0.3) is 0 Å². The topological polar surface area (TPSA) is 32.3 Å². The van der Waals surface area contributed by atoms with Gasteiger partial charge in [0.25, 0.3) is 0 Å². The van der Waals surface area contributed by atoms with Crippen LogP contribution < -0.4 is 4.90 Å². The summed E-state index contributed by atoms with van der Waals surface area (Å²) in [5, 5.41) is 1.07. The average molecular weight is 302 g/mol. The maximum atomic E-state index is 4.73. The Bertz CT molecular complexity index is 593. The highest BCUT2D eigenvalue weighted by molar-refractivity contribution is 7.09. The normalized spacial score (nSPS) is 20.0. The van der Waals surface area contributed by atoms with Crippen LogP contribution in [0.4, 0.5) is 5.13 Å². The van der Waals surface area contributed by atoms with Gasteiger partial charge in [-0.15, -0.1) is 0 Å². The van der Waals surface area contributed by atoms with Gasteiger partial charge >= 0.3 is 0 Å². The molecule has 0 radical (unpaired) electrons. The monoisotopic (exact) mass is 302 g/mol. The van der Waals surface area contributed by atoms with Crippen molar-refractivity contribution in [3.63, 3.8) is 0 Å². The minimum atomic E-state index is 0.572. The van der Waals surface area contributed by atoms with Gasteiger partial charge in [0.1, 0.15) is 5.82 Å². The van der Waals surface area contributed by atoms with Crippen LogP contribution in [-0.4, -0.2) is 47.0 Å². The van der Waals surface area contributed by atoms with Crippen molar-refractivity contribution in [1.29, 1.82) is 0 Å². The third-order valence-corrected chi connectivity index (χ3v) is 4.99. The average Bonchev–Trinajstić information content (AvgIpc) is 2.93. The number of benzene rings is 1. The molecule has 1 aliphatic heterocycles. The van der Waals surface area contributed by atoms with E-state index >= 15 is 0 Å². The zero-order valence-corrected chi connectivity index (χ0v) is 13.7. The molecule has 1 atom stereocenters. The Hall–Kier alpha value is -1.46. The molecule has 0 aliphatic carbocycles. The molecule has 3 rings (SSSR count). The summed E-state index contributed by atoms with van der Waals surface area (Å²) in [6.07, 6.45) is 0.820. The molecule has 21 heavy (non-hydrogen) atoms. The van der Waals surface area contributed by atoms with E-state index in [0.717, 1.165) is 37.0 Å². The van der Waals surface area contributed by atoms with E-state index in [0.29, 0.717) is 6.04 Å². The first-order valence-corrected chi connectivity index (χ1v) is 8.22. The predicted octanol–water partition coefficient (Wildman–Crippen LogP) is 2.58. The molecule has 1 unspecified atom stereocenters. The SMILES string of the molecule is Cc1ccc(Cc2nsc(N3CCN(C)C(C)C3)n2)cc1. The highest BCUT2D eigenvalue weighted by Crippen LogP contribution is 2.21. The van der Waals surface area contributed by atoms with Gasteiger partial charge in [-0.3, -0.25) is 0 Å². The molecule has 0 bridgehead atoms. The third kappa shape index (κ3) is 3.41. The van der Waals surface area contributed by atoms with E-state index in [2.05, 4.69) is 59.3 Å². The van der Waals surface area contributed by atoms with Crippen molar-refractivity contribution in [3.05, 3.63) is 41.2 Å². The molecule has 2 heterocycles. The molecule has 1 saturated heterocycles. The van der Waals surface area contributed by atoms with Crippen molar-refractivity contribution < 1.29 is 0 Å². The Kier molecular flexibility index (Phi) is 4.22. The van der Waals surface area contributed by atoms with Crippen LogP contribution in [0, 0.1) is 6.92 Å². The van der Waals surface area contributed by atoms with Crippen LogP contribution in [0.1, 0.15) is 23.9 Å². The quantitative estimate of drug-likeness (QED) is 0.872. The molecule has 2 aromatic rings. The summed E-state index contributed by atoms with van der Waals surface area (Å²) in [5.74, 6) is 0.936. The summed E-state index contributed by atoms with van der Waals surface area (Å²) in [5.41, 5.74) is 2.56. The van der Waals surface area contributed by atoms with Crippen molar-refractivity contribution in [3.8, 4) is 0 Å². The largest absolute Gasteiger partial charge is 0.344 e. The fraction of sp³-hybridized carbons (Fsp3) is 0.500. The van der Waals surface area contributed by atoms with E-state index in [9.17, 15) is 0 Å². The first kappa shape index (κ1) is 14.5. The number of likely N-dealkylation sites (N-methyl/N-ethyl adjacent to an activating group) is 1. The number of nitrogens with zero attached hydrogens (tertiary/aromatic N) is 4. The molecular weight excluding hydrogens is 280 g/mol. The summed E-state index contributed by atoms with van der Waals surface area (Å²) in [6, 6.07) is 9.18. The molecule has 1 aromatic heterocycles. The molecule has 5 heteroatoms. The maximum Gasteiger partial charge on any atom is 0.205 e. The highest BCUT2D eigenvalue weighted by Gasteiger charge is 2.23. The molecule has 112 valence electrons. The minimum absolute atomic E-state index is 0.572. The summed E-state index contributed by atoms with van der Waals surface area (Å²) in [6.45, 7) is 7.54. The molecule has 0 N–H and O–H groups in total. The van der Waals surface area contributed by atoms with Gasteiger partial charge in [0.15, 0.2) is 0 Å². The smallest absolute Gasteiger partial charge is 0.205 e. The van der Waals surface area contributed by atoms with Crippen LogP contribution in [0.2, 0.25) is 0 Å². The Balaban J connectivity index is 1.67. The fourth-order valence-corrected chi connectivity index (χ4v) is 3.28. The molecule has 1 aliphatic rings. The van der Waals surface area contributed by atoms with Crippen LogP contribution in [0.3, 0.4) is 0 Å². The molecule has 4 nitrogen and oxygen atoms in total. The lowest BCUT2D eigenvalue weighted by Crippen LogP contribution is -2.50. The van der Waals surface area contributed by atoms with Gasteiger partial charge in [-0.05, 0) is 26.5 Å². The van der Waals surface area contributed by atoms with Gasteiger partial charge in [0.05, 0.1) is 0 Å². The Morgan fingerprint density at radius 3 is 2.71 bits per heavy atom. The lowest BCUT2D eigenvalue weighted by molar-refractivity contribution is 0.234. The maximum absolute atomic E-state index is 4.73. The number of anilines is 1. The molecule has 1 fully saturated rings. The van der Waals surface area contributed by atoms with E-state index in [1.54, 1.807) is 0 Å². The Morgan fingerprint density at radius 2 is 2.00 bits per heavy atom. The third-order valence-electron chi connectivity index (χ3n) is 4.17. The van der Waals surface area contributed by atoms with Crippen LogP contribution in [0.15, 0.2) is 24.3 Å². The van der Waals surface area contributed by atoms with E-state index in [1.165, 1.54) is 22.7 Å². The first-order valence-electron chi connectivity index (χ1n) is 7.45. The molecule has 1 aromatic carbocycles. The first-order chi connectivity index (χ1) is 10.1. The second-order valence-corrected chi connectivity index (χ2v) is 6.66. The lowest BCUT2D eigenvalue weighted by Gasteiger charge is -2.37. The highest BCUT2D eigenvalue weighted by atomic mass is 32.1. The van der Waals surface area contributed by atoms with Gasteiger partial charge in [0.2, 0.25) is 5.13 Å². The molecular formula is C16H22N4S. The number of hydrogen-bond donors (Lipinski definition) is 0. The van der Waals surface area contributed by atoms with Crippen molar-refractivity contribution in [2.45, 2.75) is 26.3 Å². The Morgan fingerprint density at radius 1 is 1.24 bits per heavy atom. The zero-order chi connectivity index (χ0) is 14.8. The van der Waals surface area contributed by atoms with Gasteiger partial charge in [-0.25, -0.2) is 4.98 Å². The van der Waals surface area contributed by atoms with E-state index in [4.69, 9.17) is 4.98 Å². The number of hydrogen-bond acceptors (Lipinski definition) is 5. The zero-order valence-electron chi connectivity index (χ0n) is 12.9. The van der Waals surface area contributed by atoms with Gasteiger partial charge in [-0.1, -0.05) is 29.8 Å². The van der Waals surface area contributed by atoms with Crippen LogP contribution >= 0.6 is 11.5 Å². The molecule has 0 saturated carbocycles. The van der Waals surface area contributed by atoms with E-state index in [-0.39, 0.29) is 0 Å². The van der Waals surface area contributed by atoms with E-state index in [1.807, 2.05) is 0 Å². The number of aromatic nitrogens is 2. The lowest BCUT2D eigenvalue weighted by atomic mass is 10.1. The van der Waals surface area contributed by atoms with Gasteiger partial charge in [-0.2, -0.15) is 4.37 Å². The van der Waals surface area contributed by atoms with Gasteiger partial charge < -0.3 is 9.80 Å². The number of rotatable bonds is 3. The second-order valence-electron chi connectivity index (χ2n) is 5.93. The van der Waals surface area contributed by atoms with Crippen LogP contribution in [-0.2, 0) is 6.42 Å². The Labute approximate surface area is 130 Å². The number of aryl methyl sites for hydroxylation is 1. The summed E-state index contributed by atoms with van der Waals surface area (Å²) < 4.78 is 4.53. The van der Waals surface area contributed by atoms with E-state index < -0.39 is 0 Å². The number of piperazine rings is 1. The minimum Gasteiger partial charge on any atom is -0.344 e. The van der Waals surface area contributed by atoms with Crippen molar-refractivity contribution in [2.75, 3.05) is 31.6 Å².